The van der Waals surface area contributed by atoms with Gasteiger partial charge in [-0.25, -0.2) is 9.78 Å². The molecule has 0 saturated carbocycles. The van der Waals surface area contributed by atoms with Crippen molar-refractivity contribution in [3.63, 3.8) is 0 Å². The minimum absolute atomic E-state index is 0.0575. The summed E-state index contributed by atoms with van der Waals surface area (Å²) >= 11 is 0. The fraction of sp³-hybridized carbons (Fsp3) is 0.655. The van der Waals surface area contributed by atoms with E-state index in [2.05, 4.69) is 23.7 Å². The van der Waals surface area contributed by atoms with E-state index in [4.69, 9.17) is 24.4 Å². The molecule has 0 bridgehead atoms. The zero-order chi connectivity index (χ0) is 31.6. The van der Waals surface area contributed by atoms with Crippen LogP contribution in [0.2, 0.25) is 0 Å². The molecule has 1 aromatic heterocycles. The number of fused-ring (bicyclic) bond motifs is 1. The Morgan fingerprint density at radius 2 is 1.84 bits per heavy atom. The molecule has 2 aliphatic heterocycles. The number of halogens is 3. The van der Waals surface area contributed by atoms with Crippen molar-refractivity contribution < 1.29 is 42.1 Å². The van der Waals surface area contributed by atoms with E-state index in [1.807, 2.05) is 34.1 Å². The Balaban J connectivity index is 0.000000646. The predicted octanol–water partition coefficient (Wildman–Crippen LogP) is 3.03. The van der Waals surface area contributed by atoms with Crippen LogP contribution >= 0.6 is 0 Å². The first-order chi connectivity index (χ1) is 20.4. The Bertz CT molecular complexity index is 1210. The zero-order valence-electron chi connectivity index (χ0n) is 24.9. The number of para-hydroxylation sites is 2. The first kappa shape index (κ1) is 34.3. The lowest BCUT2D eigenvalue weighted by Gasteiger charge is -2.40. The summed E-state index contributed by atoms with van der Waals surface area (Å²) < 4.78 is 44.4. The highest BCUT2D eigenvalue weighted by atomic mass is 19.4. The summed E-state index contributed by atoms with van der Waals surface area (Å²) in [5.74, 6) is -2.01. The SMILES string of the molecule is COCCCCn1c(C(=O)N(CC(C)C)[C@@H]2CNC[C@H](C(=O)N3CCOCC3)C2)nc2ccccc21.O=C(O)C(F)(F)F. The third-order valence-corrected chi connectivity index (χ3v) is 7.33. The number of rotatable bonds is 10. The van der Waals surface area contributed by atoms with E-state index in [-0.39, 0.29) is 23.8 Å². The molecular formula is C29H42F3N5O6. The maximum absolute atomic E-state index is 14.1. The average Bonchev–Trinajstić information content (AvgIpc) is 3.36. The lowest BCUT2D eigenvalue weighted by atomic mass is 9.92. The number of carbonyl (C=O) groups is 3. The molecule has 2 aliphatic rings. The third kappa shape index (κ3) is 9.63. The number of carboxylic acids is 1. The number of aryl methyl sites for hydroxylation is 1. The summed E-state index contributed by atoms with van der Waals surface area (Å²) in [5.41, 5.74) is 1.81. The number of carbonyl (C=O) groups excluding carboxylic acids is 2. The largest absolute Gasteiger partial charge is 0.490 e. The number of alkyl halides is 3. The van der Waals surface area contributed by atoms with Crippen molar-refractivity contribution >= 4 is 28.8 Å². The molecule has 4 rings (SSSR count). The number of methoxy groups -OCH3 is 1. The number of imidazole rings is 1. The van der Waals surface area contributed by atoms with E-state index in [1.54, 1.807) is 7.11 Å². The quantitative estimate of drug-likeness (QED) is 0.392. The van der Waals surface area contributed by atoms with Crippen molar-refractivity contribution in [2.24, 2.45) is 11.8 Å². The fourth-order valence-corrected chi connectivity index (χ4v) is 5.29. The van der Waals surface area contributed by atoms with Gasteiger partial charge in [0.2, 0.25) is 5.91 Å². The molecule has 2 aromatic rings. The van der Waals surface area contributed by atoms with Crippen LogP contribution in [0.5, 0.6) is 0 Å². The van der Waals surface area contributed by atoms with Crippen LogP contribution in [0.4, 0.5) is 13.2 Å². The van der Waals surface area contributed by atoms with Crippen LogP contribution in [0.25, 0.3) is 11.0 Å². The Morgan fingerprint density at radius 1 is 1.16 bits per heavy atom. The molecule has 11 nitrogen and oxygen atoms in total. The molecule has 1 aromatic carbocycles. The third-order valence-electron chi connectivity index (χ3n) is 7.33. The van der Waals surface area contributed by atoms with Crippen LogP contribution in [0.15, 0.2) is 24.3 Å². The van der Waals surface area contributed by atoms with Gasteiger partial charge in [-0.3, -0.25) is 9.59 Å². The molecule has 240 valence electrons. The Hall–Kier alpha value is -3.23. The monoisotopic (exact) mass is 613 g/mol. The van der Waals surface area contributed by atoms with Gasteiger partial charge in [0.25, 0.3) is 5.91 Å². The summed E-state index contributed by atoms with van der Waals surface area (Å²) in [6.07, 6.45) is -2.60. The molecule has 14 heteroatoms. The molecule has 0 aliphatic carbocycles. The highest BCUT2D eigenvalue weighted by Crippen LogP contribution is 2.24. The summed E-state index contributed by atoms with van der Waals surface area (Å²) in [6, 6.07) is 7.87. The van der Waals surface area contributed by atoms with E-state index in [9.17, 15) is 22.8 Å². The smallest absolute Gasteiger partial charge is 0.475 e. The Morgan fingerprint density at radius 3 is 2.47 bits per heavy atom. The van der Waals surface area contributed by atoms with E-state index in [0.29, 0.717) is 77.3 Å². The van der Waals surface area contributed by atoms with Gasteiger partial charge in [0.05, 0.1) is 30.2 Å². The molecule has 0 radical (unpaired) electrons. The first-order valence-electron chi connectivity index (χ1n) is 14.6. The number of unbranched alkanes of at least 4 members (excludes halogenated alkanes) is 1. The van der Waals surface area contributed by atoms with Gasteiger partial charge in [0, 0.05) is 59.0 Å². The maximum Gasteiger partial charge on any atom is 0.490 e. The predicted molar refractivity (Wildman–Crippen MR) is 153 cm³/mol. The van der Waals surface area contributed by atoms with E-state index < -0.39 is 12.1 Å². The number of carboxylic acid groups (broad SMARTS) is 1. The molecule has 0 unspecified atom stereocenters. The molecular weight excluding hydrogens is 571 g/mol. The number of hydrogen-bond acceptors (Lipinski definition) is 7. The normalized spacial score (nSPS) is 19.2. The lowest BCUT2D eigenvalue weighted by molar-refractivity contribution is -0.192. The zero-order valence-corrected chi connectivity index (χ0v) is 24.9. The van der Waals surface area contributed by atoms with Gasteiger partial charge >= 0.3 is 12.1 Å². The van der Waals surface area contributed by atoms with Crippen molar-refractivity contribution in [3.05, 3.63) is 30.1 Å². The van der Waals surface area contributed by atoms with Gasteiger partial charge in [0.15, 0.2) is 5.82 Å². The Kier molecular flexibility index (Phi) is 12.8. The number of aromatic nitrogens is 2. The van der Waals surface area contributed by atoms with Gasteiger partial charge in [-0.05, 0) is 37.3 Å². The number of ether oxygens (including phenoxy) is 2. The van der Waals surface area contributed by atoms with Crippen molar-refractivity contribution in [2.75, 3.05) is 59.7 Å². The number of piperidine rings is 1. The summed E-state index contributed by atoms with van der Waals surface area (Å²) in [4.78, 5) is 44.9. The van der Waals surface area contributed by atoms with Crippen LogP contribution in [0, 0.1) is 11.8 Å². The van der Waals surface area contributed by atoms with E-state index >= 15 is 0 Å². The number of benzene rings is 1. The second kappa shape index (κ2) is 16.0. The average molecular weight is 614 g/mol. The molecule has 0 spiro atoms. The highest BCUT2D eigenvalue weighted by molar-refractivity contribution is 5.95. The van der Waals surface area contributed by atoms with Gasteiger partial charge in [0.1, 0.15) is 0 Å². The maximum atomic E-state index is 14.1. The topological polar surface area (TPSA) is 126 Å². The second-order valence-electron chi connectivity index (χ2n) is 11.1. The molecule has 3 heterocycles. The standard InChI is InChI=1S/C27H41N5O4.C2HF3O2/c1-20(2)19-32(22-16-21(17-28-18-22)26(33)30-11-14-36-15-12-30)27(34)25-29-23-8-4-5-9-24(23)31(25)10-6-7-13-35-3;3-2(4,5)1(6)7/h4-5,8-9,20-22,28H,6-7,10-19H2,1-3H3;(H,6,7)/t21-,22+;/m1./s1. The molecule has 43 heavy (non-hydrogen) atoms. The van der Waals surface area contributed by atoms with Crippen LogP contribution in [0.3, 0.4) is 0 Å². The van der Waals surface area contributed by atoms with Crippen LogP contribution in [0.1, 0.15) is 43.7 Å². The van der Waals surface area contributed by atoms with Gasteiger partial charge in [-0.15, -0.1) is 0 Å². The number of aliphatic carboxylic acids is 1. The number of morpholine rings is 1. The van der Waals surface area contributed by atoms with Crippen molar-refractivity contribution in [1.82, 2.24) is 24.7 Å². The molecule has 2 atom stereocenters. The molecule has 2 saturated heterocycles. The first-order valence-corrected chi connectivity index (χ1v) is 14.6. The van der Waals surface area contributed by atoms with E-state index in [1.165, 1.54) is 0 Å². The summed E-state index contributed by atoms with van der Waals surface area (Å²) in [6.45, 7) is 10.1. The minimum Gasteiger partial charge on any atom is -0.475 e. The van der Waals surface area contributed by atoms with Gasteiger partial charge in [-0.1, -0.05) is 26.0 Å². The number of nitrogens with one attached hydrogen (secondary N) is 1. The van der Waals surface area contributed by atoms with Gasteiger partial charge in [-0.2, -0.15) is 13.2 Å². The summed E-state index contributed by atoms with van der Waals surface area (Å²) in [7, 11) is 1.71. The van der Waals surface area contributed by atoms with Crippen molar-refractivity contribution in [3.8, 4) is 0 Å². The van der Waals surface area contributed by atoms with Gasteiger partial charge < -0.3 is 34.3 Å². The van der Waals surface area contributed by atoms with Crippen molar-refractivity contribution in [1.29, 1.82) is 0 Å². The highest BCUT2D eigenvalue weighted by Gasteiger charge is 2.38. The molecule has 2 N–H and O–H groups in total. The van der Waals surface area contributed by atoms with Crippen LogP contribution < -0.4 is 5.32 Å². The molecule has 2 amide bonds. The fourth-order valence-electron chi connectivity index (χ4n) is 5.29. The van der Waals surface area contributed by atoms with Crippen LogP contribution in [-0.2, 0) is 25.6 Å². The summed E-state index contributed by atoms with van der Waals surface area (Å²) in [5, 5.41) is 10.6. The number of amides is 2. The second-order valence-corrected chi connectivity index (χ2v) is 11.1. The van der Waals surface area contributed by atoms with Crippen LogP contribution in [-0.4, -0.2) is 114 Å². The lowest BCUT2D eigenvalue weighted by Crippen LogP contribution is -2.56. The van der Waals surface area contributed by atoms with E-state index in [0.717, 1.165) is 23.9 Å². The molecule has 2 fully saturated rings. The minimum atomic E-state index is -5.08. The Labute approximate surface area is 249 Å². The van der Waals surface area contributed by atoms with Crippen molar-refractivity contribution in [2.45, 2.75) is 51.9 Å². The number of nitrogens with zero attached hydrogens (tertiary/aromatic N) is 4. The number of hydrogen-bond donors (Lipinski definition) is 2.